The van der Waals surface area contributed by atoms with Crippen molar-refractivity contribution in [3.63, 3.8) is 0 Å². The average Bonchev–Trinajstić information content (AvgIpc) is 3.94. The van der Waals surface area contributed by atoms with E-state index in [9.17, 15) is 33.9 Å². The first-order valence-electron chi connectivity index (χ1n) is 23.5. The molecule has 0 radical (unpaired) electrons. The Labute approximate surface area is 393 Å². The molecule has 2 saturated heterocycles. The number of aliphatic hydroxyl groups is 1. The predicted octanol–water partition coefficient (Wildman–Crippen LogP) is 4.49. The van der Waals surface area contributed by atoms with Crippen LogP contribution in [0.2, 0.25) is 0 Å². The lowest BCUT2D eigenvalue weighted by Crippen LogP contribution is -2.53. The van der Waals surface area contributed by atoms with Crippen LogP contribution >= 0.6 is 0 Å². The van der Waals surface area contributed by atoms with E-state index in [1.54, 1.807) is 53.6 Å². The number of aryl methyl sites for hydroxylation is 2. The maximum absolute atomic E-state index is 14.0. The molecule has 2 fully saturated rings. The third-order valence-corrected chi connectivity index (χ3v) is 14.4. The van der Waals surface area contributed by atoms with Crippen molar-refractivity contribution in [2.24, 2.45) is 12.5 Å². The van der Waals surface area contributed by atoms with Crippen LogP contribution in [0.3, 0.4) is 0 Å². The van der Waals surface area contributed by atoms with Gasteiger partial charge in [-0.3, -0.25) is 39.0 Å². The molecule has 1 unspecified atom stereocenters. The SMILES string of the molecule is C[C@H]1CN(C(=O)CCCc2cccc3c2CN(C2CCC(=O)NC2=O)C3=O)CCN1c1ccc(Nc2cc(-c3ccnc(N4CCn5c(cc6c5CC(C)(C)C6)C4=O)c3CO)cn(C)c2=O)nc1. The molecule has 5 aromatic rings. The van der Waals surface area contributed by atoms with Crippen LogP contribution in [-0.2, 0) is 60.4 Å². The normalized spacial score (nSPS) is 19.8. The number of benzene rings is 1. The minimum atomic E-state index is -0.674. The first kappa shape index (κ1) is 44.7. The number of hydrogen-bond acceptors (Lipinski definition) is 11. The van der Waals surface area contributed by atoms with Crippen LogP contribution < -0.4 is 26.0 Å². The quantitative estimate of drug-likeness (QED) is 0.158. The van der Waals surface area contributed by atoms with Crippen molar-refractivity contribution in [2.75, 3.05) is 41.3 Å². The molecule has 68 heavy (non-hydrogen) atoms. The van der Waals surface area contributed by atoms with Gasteiger partial charge in [0.25, 0.3) is 17.4 Å². The van der Waals surface area contributed by atoms with Gasteiger partial charge in [-0.05, 0) is 103 Å². The molecule has 3 N–H and O–H groups in total. The summed E-state index contributed by atoms with van der Waals surface area (Å²) >= 11 is 0. The Balaban J connectivity index is 0.761. The van der Waals surface area contributed by atoms with E-state index in [4.69, 9.17) is 0 Å². The second kappa shape index (κ2) is 17.5. The number of hydrogen-bond donors (Lipinski definition) is 3. The highest BCUT2D eigenvalue weighted by molar-refractivity contribution is 6.07. The fraction of sp³-hybridized carbons (Fsp3) is 0.412. The molecular weight excluding hydrogens is 865 g/mol. The van der Waals surface area contributed by atoms with Crippen molar-refractivity contribution in [2.45, 2.75) is 97.5 Å². The fourth-order valence-electron chi connectivity index (χ4n) is 11.0. The maximum atomic E-state index is 14.0. The smallest absolute Gasteiger partial charge is 0.276 e. The largest absolute Gasteiger partial charge is 0.392 e. The van der Waals surface area contributed by atoms with E-state index in [2.05, 4.69) is 50.8 Å². The number of amides is 5. The van der Waals surface area contributed by atoms with Gasteiger partial charge in [0.2, 0.25) is 17.7 Å². The zero-order valence-corrected chi connectivity index (χ0v) is 38.9. The lowest BCUT2D eigenvalue weighted by Gasteiger charge is -2.41. The van der Waals surface area contributed by atoms with Crippen molar-refractivity contribution in [1.82, 2.24) is 34.2 Å². The molecule has 5 amide bonds. The van der Waals surface area contributed by atoms with Gasteiger partial charge in [-0.2, -0.15) is 0 Å². The number of fused-ring (bicyclic) bond motifs is 4. The number of carbonyl (C=O) groups excluding carboxylic acids is 5. The molecule has 10 rings (SSSR count). The summed E-state index contributed by atoms with van der Waals surface area (Å²) in [6.45, 7) is 9.30. The van der Waals surface area contributed by atoms with Gasteiger partial charge in [0.1, 0.15) is 29.1 Å². The molecule has 0 saturated carbocycles. The summed E-state index contributed by atoms with van der Waals surface area (Å²) in [5.41, 5.74) is 8.44. The number of pyridine rings is 3. The third-order valence-electron chi connectivity index (χ3n) is 14.4. The molecule has 5 aliphatic rings. The van der Waals surface area contributed by atoms with Crippen LogP contribution in [0.25, 0.3) is 11.1 Å². The summed E-state index contributed by atoms with van der Waals surface area (Å²) < 4.78 is 3.63. The van der Waals surface area contributed by atoms with Crippen molar-refractivity contribution >= 4 is 52.5 Å². The fourth-order valence-corrected chi connectivity index (χ4v) is 11.0. The number of aromatic nitrogens is 4. The summed E-state index contributed by atoms with van der Waals surface area (Å²) in [4.78, 5) is 95.1. The van der Waals surface area contributed by atoms with E-state index in [1.807, 2.05) is 35.2 Å². The van der Waals surface area contributed by atoms with Crippen LogP contribution in [0.1, 0.15) is 95.2 Å². The Bertz CT molecular complexity index is 2960. The number of carbonyl (C=O) groups is 5. The maximum Gasteiger partial charge on any atom is 0.276 e. The van der Waals surface area contributed by atoms with Gasteiger partial charge in [-0.15, -0.1) is 0 Å². The number of anilines is 4. The monoisotopic (exact) mass is 920 g/mol. The summed E-state index contributed by atoms with van der Waals surface area (Å²) in [6, 6.07) is 14.2. The number of aliphatic hydroxyl groups excluding tert-OH is 1. The topological polar surface area (TPSA) is 195 Å². The van der Waals surface area contributed by atoms with Gasteiger partial charge in [0, 0.05) is 100.0 Å². The summed E-state index contributed by atoms with van der Waals surface area (Å²) in [7, 11) is 1.67. The summed E-state index contributed by atoms with van der Waals surface area (Å²) in [5.74, 6) is -0.168. The summed E-state index contributed by atoms with van der Waals surface area (Å²) in [6.07, 6.45) is 9.07. The second-order valence-corrected chi connectivity index (χ2v) is 19.6. The van der Waals surface area contributed by atoms with Gasteiger partial charge >= 0.3 is 0 Å². The predicted molar refractivity (Wildman–Crippen MR) is 254 cm³/mol. The van der Waals surface area contributed by atoms with E-state index in [1.165, 1.54) is 15.8 Å². The number of rotatable bonds is 11. The van der Waals surface area contributed by atoms with Crippen molar-refractivity contribution in [3.8, 4) is 11.1 Å². The van der Waals surface area contributed by atoms with Gasteiger partial charge in [0.15, 0.2) is 0 Å². The first-order chi connectivity index (χ1) is 32.7. The Morgan fingerprint density at radius 2 is 1.78 bits per heavy atom. The molecule has 1 aliphatic carbocycles. The lowest BCUT2D eigenvalue weighted by molar-refractivity contribution is -0.137. The zero-order valence-electron chi connectivity index (χ0n) is 38.9. The van der Waals surface area contributed by atoms with E-state index in [-0.39, 0.29) is 59.4 Å². The number of nitrogens with one attached hydrogen (secondary N) is 2. The molecule has 17 heteroatoms. The van der Waals surface area contributed by atoms with E-state index in [0.29, 0.717) is 105 Å². The molecule has 352 valence electrons. The minimum Gasteiger partial charge on any atom is -0.392 e. The molecule has 8 heterocycles. The van der Waals surface area contributed by atoms with Crippen molar-refractivity contribution < 1.29 is 29.1 Å². The second-order valence-electron chi connectivity index (χ2n) is 19.6. The number of nitrogens with zero attached hydrogens (tertiary/aromatic N) is 8. The van der Waals surface area contributed by atoms with Gasteiger partial charge in [-0.25, -0.2) is 9.97 Å². The van der Waals surface area contributed by atoms with Crippen molar-refractivity contribution in [3.05, 3.63) is 117 Å². The van der Waals surface area contributed by atoms with Gasteiger partial charge < -0.3 is 34.3 Å². The number of imide groups is 1. The average molecular weight is 921 g/mol. The van der Waals surface area contributed by atoms with Crippen LogP contribution in [0.15, 0.2) is 71.9 Å². The standard InChI is InChI=1S/C51H56N10O7/c1-30-26-57(45(64)10-6-8-31-7-5-9-36-37(31)28-61(48(36)66)40-12-14-44(63)55-47(40)65)17-18-58(30)34-11-13-43(53-25-34)54-39-21-33(27-56(4)49(39)67)35-15-16-52-46(38(35)29-62)60-20-19-59-41(50(60)68)22-32-23-51(2,3)24-42(32)59/h5,7,9,11,13,15-16,21-22,25,27,30,40,62H,6,8,10,12,14,17-20,23-24,26,28-29H2,1-4H3,(H,53,54)(H,55,63,65)/t30-,40?/m0/s1. The van der Waals surface area contributed by atoms with Crippen LogP contribution in [-0.4, -0.2) is 102 Å². The Morgan fingerprint density at radius 3 is 2.54 bits per heavy atom. The highest BCUT2D eigenvalue weighted by atomic mass is 16.3. The molecular formula is C51H56N10O7. The molecule has 0 spiro atoms. The van der Waals surface area contributed by atoms with Crippen LogP contribution in [0, 0.1) is 5.41 Å². The number of piperidine rings is 1. The summed E-state index contributed by atoms with van der Waals surface area (Å²) in [5, 5.41) is 16.3. The molecule has 1 aromatic carbocycles. The van der Waals surface area contributed by atoms with Gasteiger partial charge in [-0.1, -0.05) is 26.0 Å². The Morgan fingerprint density at radius 1 is 0.941 bits per heavy atom. The van der Waals surface area contributed by atoms with Gasteiger partial charge in [0.05, 0.1) is 18.5 Å². The molecule has 17 nitrogen and oxygen atoms in total. The van der Waals surface area contributed by atoms with Crippen LogP contribution in [0.5, 0.6) is 0 Å². The molecule has 2 atom stereocenters. The number of piperazine rings is 1. The Kier molecular flexibility index (Phi) is 11.5. The lowest BCUT2D eigenvalue weighted by atomic mass is 9.90. The van der Waals surface area contributed by atoms with E-state index < -0.39 is 11.9 Å². The Hall–Kier alpha value is -7.14. The third kappa shape index (κ3) is 8.11. The van der Waals surface area contributed by atoms with E-state index in [0.717, 1.165) is 29.7 Å². The van der Waals surface area contributed by atoms with Crippen molar-refractivity contribution in [1.29, 1.82) is 0 Å². The van der Waals surface area contributed by atoms with Crippen LogP contribution in [0.4, 0.5) is 23.0 Å². The highest BCUT2D eigenvalue weighted by Crippen LogP contribution is 2.40. The highest BCUT2D eigenvalue weighted by Gasteiger charge is 2.41. The molecule has 4 aromatic heterocycles. The zero-order chi connectivity index (χ0) is 47.6. The molecule has 0 bridgehead atoms. The molecule has 4 aliphatic heterocycles. The first-order valence-corrected chi connectivity index (χ1v) is 23.5. The minimum absolute atomic E-state index is 0.0174. The van der Waals surface area contributed by atoms with E-state index >= 15 is 0 Å².